The molecule has 0 saturated carbocycles. The van der Waals surface area contributed by atoms with Crippen molar-refractivity contribution in [2.24, 2.45) is 0 Å². The van der Waals surface area contributed by atoms with Gasteiger partial charge in [-0.25, -0.2) is 9.97 Å². The fraction of sp³-hybridized carbons (Fsp3) is 0.200. The first-order chi connectivity index (χ1) is 9.91. The van der Waals surface area contributed by atoms with Crippen molar-refractivity contribution in [2.75, 3.05) is 0 Å². The van der Waals surface area contributed by atoms with Crippen molar-refractivity contribution < 1.29 is 18.3 Å². The molecule has 2 rings (SSSR count). The SMILES string of the molecule is C=CCc1nccc(-c2cccc(C(O)C(F)(F)F)c2)n1. The van der Waals surface area contributed by atoms with Gasteiger partial charge in [0.05, 0.1) is 5.69 Å². The van der Waals surface area contributed by atoms with Gasteiger partial charge in [0.15, 0.2) is 6.10 Å². The molecule has 1 unspecified atom stereocenters. The summed E-state index contributed by atoms with van der Waals surface area (Å²) < 4.78 is 37.6. The summed E-state index contributed by atoms with van der Waals surface area (Å²) in [5, 5.41) is 9.30. The van der Waals surface area contributed by atoms with E-state index in [0.29, 0.717) is 23.5 Å². The van der Waals surface area contributed by atoms with Gasteiger partial charge in [-0.15, -0.1) is 6.58 Å². The first-order valence-corrected chi connectivity index (χ1v) is 6.19. The van der Waals surface area contributed by atoms with Crippen LogP contribution in [0.3, 0.4) is 0 Å². The number of benzene rings is 1. The second-order valence-electron chi connectivity index (χ2n) is 4.42. The molecule has 3 nitrogen and oxygen atoms in total. The van der Waals surface area contributed by atoms with Gasteiger partial charge in [-0.1, -0.05) is 24.3 Å². The number of rotatable bonds is 4. The van der Waals surface area contributed by atoms with Gasteiger partial charge >= 0.3 is 6.18 Å². The lowest BCUT2D eigenvalue weighted by Crippen LogP contribution is -2.20. The minimum absolute atomic E-state index is 0.219. The summed E-state index contributed by atoms with van der Waals surface area (Å²) >= 11 is 0. The van der Waals surface area contributed by atoms with E-state index in [-0.39, 0.29) is 5.56 Å². The zero-order chi connectivity index (χ0) is 15.5. The largest absolute Gasteiger partial charge is 0.418 e. The van der Waals surface area contributed by atoms with Crippen LogP contribution in [0.5, 0.6) is 0 Å². The lowest BCUT2D eigenvalue weighted by atomic mass is 10.0. The Morgan fingerprint density at radius 1 is 1.29 bits per heavy atom. The molecule has 1 N–H and O–H groups in total. The van der Waals surface area contributed by atoms with E-state index >= 15 is 0 Å². The number of hydrogen-bond donors (Lipinski definition) is 1. The molecule has 110 valence electrons. The van der Waals surface area contributed by atoms with Gasteiger partial charge in [0, 0.05) is 18.2 Å². The maximum absolute atomic E-state index is 12.5. The van der Waals surface area contributed by atoms with Gasteiger partial charge in [-0.2, -0.15) is 13.2 Å². The van der Waals surface area contributed by atoms with Crippen molar-refractivity contribution in [3.63, 3.8) is 0 Å². The molecule has 0 aliphatic heterocycles. The molecule has 1 aromatic carbocycles. The van der Waals surface area contributed by atoms with E-state index < -0.39 is 12.3 Å². The Bertz CT molecular complexity index is 641. The minimum Gasteiger partial charge on any atom is -0.379 e. The van der Waals surface area contributed by atoms with Crippen LogP contribution in [0.2, 0.25) is 0 Å². The molecule has 0 amide bonds. The quantitative estimate of drug-likeness (QED) is 0.878. The van der Waals surface area contributed by atoms with Gasteiger partial charge in [0.2, 0.25) is 0 Å². The summed E-state index contributed by atoms with van der Waals surface area (Å²) in [5.41, 5.74) is 0.769. The van der Waals surface area contributed by atoms with E-state index in [1.54, 1.807) is 18.2 Å². The zero-order valence-electron chi connectivity index (χ0n) is 11.0. The lowest BCUT2D eigenvalue weighted by Gasteiger charge is -2.15. The number of halogens is 3. The Kier molecular flexibility index (Phi) is 4.37. The van der Waals surface area contributed by atoms with E-state index in [0.717, 1.165) is 0 Å². The number of allylic oxidation sites excluding steroid dienone is 1. The van der Waals surface area contributed by atoms with Crippen molar-refractivity contribution in [3.05, 3.63) is 60.6 Å². The molecule has 0 saturated heterocycles. The standard InChI is InChI=1S/C15H13F3N2O/c1-2-4-13-19-8-7-12(20-13)10-5-3-6-11(9-10)14(21)15(16,17)18/h2-3,5-9,14,21H,1,4H2. The summed E-state index contributed by atoms with van der Waals surface area (Å²) in [4.78, 5) is 8.29. The van der Waals surface area contributed by atoms with Crippen LogP contribution in [-0.4, -0.2) is 21.3 Å². The highest BCUT2D eigenvalue weighted by atomic mass is 19.4. The van der Waals surface area contributed by atoms with Crippen molar-refractivity contribution in [1.82, 2.24) is 9.97 Å². The second kappa shape index (κ2) is 6.05. The maximum Gasteiger partial charge on any atom is 0.418 e. The predicted octanol–water partition coefficient (Wildman–Crippen LogP) is 3.47. The fourth-order valence-electron chi connectivity index (χ4n) is 1.84. The third-order valence-electron chi connectivity index (χ3n) is 2.84. The van der Waals surface area contributed by atoms with Gasteiger partial charge in [-0.05, 0) is 17.7 Å². The molecule has 2 aromatic rings. The molecule has 0 radical (unpaired) electrons. The van der Waals surface area contributed by atoms with Gasteiger partial charge in [0.1, 0.15) is 5.82 Å². The van der Waals surface area contributed by atoms with E-state index in [9.17, 15) is 18.3 Å². The molecule has 1 aromatic heterocycles. The minimum atomic E-state index is -4.70. The first-order valence-electron chi connectivity index (χ1n) is 6.19. The van der Waals surface area contributed by atoms with Crippen LogP contribution in [0, 0.1) is 0 Å². The Morgan fingerprint density at radius 3 is 2.71 bits per heavy atom. The number of aliphatic hydroxyl groups excluding tert-OH is 1. The zero-order valence-corrected chi connectivity index (χ0v) is 11.0. The Morgan fingerprint density at radius 2 is 2.05 bits per heavy atom. The Hall–Kier alpha value is -2.21. The molecule has 0 spiro atoms. The number of aromatic nitrogens is 2. The Balaban J connectivity index is 2.37. The van der Waals surface area contributed by atoms with Crippen LogP contribution in [0.15, 0.2) is 49.2 Å². The average molecular weight is 294 g/mol. The summed E-state index contributed by atoms with van der Waals surface area (Å²) in [7, 11) is 0. The van der Waals surface area contributed by atoms with Crippen LogP contribution in [-0.2, 0) is 6.42 Å². The van der Waals surface area contributed by atoms with Crippen molar-refractivity contribution >= 4 is 0 Å². The van der Waals surface area contributed by atoms with Crippen LogP contribution in [0.25, 0.3) is 11.3 Å². The van der Waals surface area contributed by atoms with Gasteiger partial charge in [-0.3, -0.25) is 0 Å². The van der Waals surface area contributed by atoms with Crippen LogP contribution in [0.1, 0.15) is 17.5 Å². The summed E-state index contributed by atoms with van der Waals surface area (Å²) in [6, 6.07) is 7.19. The predicted molar refractivity (Wildman–Crippen MR) is 72.4 cm³/mol. The second-order valence-corrected chi connectivity index (χ2v) is 4.42. The first kappa shape index (κ1) is 15.2. The monoisotopic (exact) mass is 294 g/mol. The summed E-state index contributed by atoms with van der Waals surface area (Å²) in [6.07, 6.45) is -3.56. The van der Waals surface area contributed by atoms with Crippen molar-refractivity contribution in [2.45, 2.75) is 18.7 Å². The molecule has 1 heterocycles. The molecule has 0 aliphatic rings. The molecule has 0 aliphatic carbocycles. The van der Waals surface area contributed by atoms with Gasteiger partial charge < -0.3 is 5.11 Å². The average Bonchev–Trinajstić information content (AvgIpc) is 2.46. The molecular formula is C15H13F3N2O. The molecule has 0 fully saturated rings. The van der Waals surface area contributed by atoms with E-state index in [4.69, 9.17) is 0 Å². The normalized spacial score (nSPS) is 13.0. The highest BCUT2D eigenvalue weighted by molar-refractivity contribution is 5.59. The number of hydrogen-bond acceptors (Lipinski definition) is 3. The van der Waals surface area contributed by atoms with Crippen molar-refractivity contribution in [3.8, 4) is 11.3 Å². The topological polar surface area (TPSA) is 46.0 Å². The third-order valence-corrected chi connectivity index (χ3v) is 2.84. The molecule has 6 heteroatoms. The van der Waals surface area contributed by atoms with Gasteiger partial charge in [0.25, 0.3) is 0 Å². The maximum atomic E-state index is 12.5. The molecular weight excluding hydrogens is 281 g/mol. The fourth-order valence-corrected chi connectivity index (χ4v) is 1.84. The number of aliphatic hydroxyl groups is 1. The van der Waals surface area contributed by atoms with E-state index in [1.165, 1.54) is 24.4 Å². The molecule has 21 heavy (non-hydrogen) atoms. The summed E-state index contributed by atoms with van der Waals surface area (Å²) in [6.45, 7) is 3.58. The Labute approximate surface area is 119 Å². The van der Waals surface area contributed by atoms with Crippen LogP contribution < -0.4 is 0 Å². The molecule has 0 bridgehead atoms. The highest BCUT2D eigenvalue weighted by Crippen LogP contribution is 2.33. The van der Waals surface area contributed by atoms with E-state index in [2.05, 4.69) is 16.5 Å². The van der Waals surface area contributed by atoms with Crippen LogP contribution in [0.4, 0.5) is 13.2 Å². The smallest absolute Gasteiger partial charge is 0.379 e. The van der Waals surface area contributed by atoms with E-state index in [1.807, 2.05) is 0 Å². The molecule has 1 atom stereocenters. The summed E-state index contributed by atoms with van der Waals surface area (Å²) in [5.74, 6) is 0.532. The van der Waals surface area contributed by atoms with Crippen molar-refractivity contribution in [1.29, 1.82) is 0 Å². The van der Waals surface area contributed by atoms with Crippen LogP contribution >= 0.6 is 0 Å². The number of nitrogens with zero attached hydrogens (tertiary/aromatic N) is 2. The third kappa shape index (κ3) is 3.66. The number of alkyl halides is 3. The highest BCUT2D eigenvalue weighted by Gasteiger charge is 2.39. The lowest BCUT2D eigenvalue weighted by molar-refractivity contribution is -0.206.